The van der Waals surface area contributed by atoms with E-state index in [1.165, 1.54) is 0 Å². The molecule has 3 heterocycles. The Bertz CT molecular complexity index is 867. The van der Waals surface area contributed by atoms with Gasteiger partial charge in [-0.15, -0.1) is 0 Å². The van der Waals surface area contributed by atoms with Gasteiger partial charge in [0.05, 0.1) is 12.5 Å². The molecule has 2 aliphatic heterocycles. The molecule has 1 amide bonds. The second-order valence-corrected chi connectivity index (χ2v) is 8.74. The fourth-order valence-electron chi connectivity index (χ4n) is 4.73. The van der Waals surface area contributed by atoms with Crippen LogP contribution in [0.3, 0.4) is 0 Å². The maximum absolute atomic E-state index is 13.1. The van der Waals surface area contributed by atoms with E-state index in [4.69, 9.17) is 0 Å². The van der Waals surface area contributed by atoms with Crippen molar-refractivity contribution in [1.29, 1.82) is 0 Å². The van der Waals surface area contributed by atoms with Gasteiger partial charge in [-0.3, -0.25) is 14.7 Å². The molecule has 1 aromatic carbocycles. The Balaban J connectivity index is 1.55. The van der Waals surface area contributed by atoms with Gasteiger partial charge in [-0.2, -0.15) is 0 Å². The lowest BCUT2D eigenvalue weighted by atomic mass is 9.79. The standard InChI is InChI=1S/C24H32N4O2/c1-19-8-10-25-21(16-19)17-23(29)28-11-9-24(30,20-6-4-3-5-7-20)22(18-28)27-14-12-26(2)13-15-27/h3-8,10,16,22,30H,9,11-15,17-18H2,1-2H3/t22-,24+/m1/s1. The van der Waals surface area contributed by atoms with Crippen LogP contribution in [0.25, 0.3) is 0 Å². The third-order valence-corrected chi connectivity index (χ3v) is 6.62. The minimum absolute atomic E-state index is 0.0855. The van der Waals surface area contributed by atoms with Crippen molar-refractivity contribution in [3.05, 3.63) is 65.5 Å². The summed E-state index contributed by atoms with van der Waals surface area (Å²) in [6.07, 6.45) is 2.61. The van der Waals surface area contributed by atoms with Crippen LogP contribution in [0.5, 0.6) is 0 Å². The molecule has 2 saturated heterocycles. The first-order valence-corrected chi connectivity index (χ1v) is 10.9. The lowest BCUT2D eigenvalue weighted by molar-refractivity contribution is -0.144. The fraction of sp³-hybridized carbons (Fsp3) is 0.500. The average molecular weight is 409 g/mol. The van der Waals surface area contributed by atoms with Crippen LogP contribution in [0, 0.1) is 6.92 Å². The van der Waals surface area contributed by atoms with E-state index < -0.39 is 5.60 Å². The molecule has 0 saturated carbocycles. The average Bonchev–Trinajstić information content (AvgIpc) is 2.75. The van der Waals surface area contributed by atoms with Crippen LogP contribution in [0.15, 0.2) is 48.7 Å². The van der Waals surface area contributed by atoms with Gasteiger partial charge in [0.2, 0.25) is 5.91 Å². The van der Waals surface area contributed by atoms with Gasteiger partial charge in [0.1, 0.15) is 5.60 Å². The molecule has 2 fully saturated rings. The van der Waals surface area contributed by atoms with Crippen molar-refractivity contribution in [2.24, 2.45) is 0 Å². The van der Waals surface area contributed by atoms with E-state index in [-0.39, 0.29) is 11.9 Å². The van der Waals surface area contributed by atoms with E-state index in [0.717, 1.165) is 43.0 Å². The number of piperazine rings is 1. The van der Waals surface area contributed by atoms with E-state index >= 15 is 0 Å². The van der Waals surface area contributed by atoms with E-state index in [9.17, 15) is 9.90 Å². The molecular weight excluding hydrogens is 376 g/mol. The molecular formula is C24H32N4O2. The first-order chi connectivity index (χ1) is 14.5. The number of nitrogens with zero attached hydrogens (tertiary/aromatic N) is 4. The highest BCUT2D eigenvalue weighted by Gasteiger charge is 2.47. The number of aryl methyl sites for hydroxylation is 1. The number of pyridine rings is 1. The monoisotopic (exact) mass is 408 g/mol. The molecule has 4 rings (SSSR count). The summed E-state index contributed by atoms with van der Waals surface area (Å²) in [7, 11) is 2.13. The van der Waals surface area contributed by atoms with Gasteiger partial charge in [0.15, 0.2) is 0 Å². The van der Waals surface area contributed by atoms with E-state index in [1.807, 2.05) is 54.3 Å². The first-order valence-electron chi connectivity index (χ1n) is 10.9. The largest absolute Gasteiger partial charge is 0.383 e. The van der Waals surface area contributed by atoms with Crippen LogP contribution in [-0.4, -0.2) is 83.1 Å². The number of rotatable bonds is 4. The van der Waals surface area contributed by atoms with Crippen molar-refractivity contribution in [3.8, 4) is 0 Å². The first kappa shape index (κ1) is 21.0. The molecule has 0 aliphatic carbocycles. The summed E-state index contributed by atoms with van der Waals surface area (Å²) < 4.78 is 0. The number of carbonyl (C=O) groups excluding carboxylic acids is 1. The molecule has 160 valence electrons. The number of benzene rings is 1. The second kappa shape index (κ2) is 8.84. The Labute approximate surface area is 179 Å². The molecule has 6 nitrogen and oxygen atoms in total. The van der Waals surface area contributed by atoms with Crippen LogP contribution < -0.4 is 0 Å². The van der Waals surface area contributed by atoms with E-state index in [2.05, 4.69) is 21.8 Å². The summed E-state index contributed by atoms with van der Waals surface area (Å²) in [6, 6.07) is 13.8. The minimum atomic E-state index is -0.949. The number of hydrogen-bond donors (Lipinski definition) is 1. The predicted octanol–water partition coefficient (Wildman–Crippen LogP) is 1.67. The van der Waals surface area contributed by atoms with Gasteiger partial charge in [-0.05, 0) is 43.7 Å². The summed E-state index contributed by atoms with van der Waals surface area (Å²) in [4.78, 5) is 24.0. The number of likely N-dealkylation sites (tertiary alicyclic amines) is 1. The molecule has 6 heteroatoms. The number of amides is 1. The number of aliphatic hydroxyl groups is 1. The molecule has 1 N–H and O–H groups in total. The normalized spacial score (nSPS) is 26.0. The lowest BCUT2D eigenvalue weighted by Gasteiger charge is -2.51. The second-order valence-electron chi connectivity index (χ2n) is 8.74. The van der Waals surface area contributed by atoms with Crippen molar-refractivity contribution < 1.29 is 9.90 Å². The van der Waals surface area contributed by atoms with E-state index in [0.29, 0.717) is 25.9 Å². The number of likely N-dealkylation sites (N-methyl/N-ethyl adjacent to an activating group) is 1. The third-order valence-electron chi connectivity index (χ3n) is 6.62. The van der Waals surface area contributed by atoms with Crippen molar-refractivity contribution in [2.75, 3.05) is 46.3 Å². The number of piperidine rings is 1. The summed E-state index contributed by atoms with van der Waals surface area (Å²) in [5, 5.41) is 11.8. The Hall–Kier alpha value is -2.28. The van der Waals surface area contributed by atoms with E-state index in [1.54, 1.807) is 6.20 Å². The Morgan fingerprint density at radius 2 is 1.87 bits per heavy atom. The van der Waals surface area contributed by atoms with Crippen LogP contribution >= 0.6 is 0 Å². The number of carbonyl (C=O) groups is 1. The smallest absolute Gasteiger partial charge is 0.228 e. The highest BCUT2D eigenvalue weighted by Crippen LogP contribution is 2.36. The van der Waals surface area contributed by atoms with Crippen molar-refractivity contribution in [1.82, 2.24) is 19.7 Å². The lowest BCUT2D eigenvalue weighted by Crippen LogP contribution is -2.64. The third kappa shape index (κ3) is 4.41. The molecule has 0 unspecified atom stereocenters. The molecule has 1 aromatic heterocycles. The minimum Gasteiger partial charge on any atom is -0.383 e. The van der Waals surface area contributed by atoms with Crippen molar-refractivity contribution in [2.45, 2.75) is 31.4 Å². The molecule has 2 atom stereocenters. The molecule has 0 spiro atoms. The molecule has 30 heavy (non-hydrogen) atoms. The topological polar surface area (TPSA) is 59.9 Å². The van der Waals surface area contributed by atoms with Crippen molar-refractivity contribution in [3.63, 3.8) is 0 Å². The van der Waals surface area contributed by atoms with Crippen molar-refractivity contribution >= 4 is 5.91 Å². The van der Waals surface area contributed by atoms with Crippen LogP contribution in [-0.2, 0) is 16.8 Å². The quantitative estimate of drug-likeness (QED) is 0.834. The molecule has 2 aromatic rings. The maximum Gasteiger partial charge on any atom is 0.228 e. The maximum atomic E-state index is 13.1. The fourth-order valence-corrected chi connectivity index (χ4v) is 4.73. The molecule has 2 aliphatic rings. The predicted molar refractivity (Wildman–Crippen MR) is 117 cm³/mol. The van der Waals surface area contributed by atoms with Gasteiger partial charge in [-0.25, -0.2) is 0 Å². The Kier molecular flexibility index (Phi) is 6.18. The highest BCUT2D eigenvalue weighted by atomic mass is 16.3. The van der Waals surface area contributed by atoms with Gasteiger partial charge >= 0.3 is 0 Å². The Morgan fingerprint density at radius 1 is 1.13 bits per heavy atom. The zero-order chi connectivity index (χ0) is 21.1. The van der Waals surface area contributed by atoms with Gasteiger partial charge in [0.25, 0.3) is 0 Å². The number of hydrogen-bond acceptors (Lipinski definition) is 5. The van der Waals surface area contributed by atoms with Crippen LogP contribution in [0.2, 0.25) is 0 Å². The highest BCUT2D eigenvalue weighted by molar-refractivity contribution is 5.78. The zero-order valence-corrected chi connectivity index (χ0v) is 18.0. The summed E-state index contributed by atoms with van der Waals surface area (Å²) in [5.74, 6) is 0.0855. The van der Waals surface area contributed by atoms with Crippen LogP contribution in [0.4, 0.5) is 0 Å². The summed E-state index contributed by atoms with van der Waals surface area (Å²) >= 11 is 0. The van der Waals surface area contributed by atoms with Gasteiger partial charge < -0.3 is 14.9 Å². The molecule has 0 bridgehead atoms. The SMILES string of the molecule is Cc1ccnc(CC(=O)N2CC[C@](O)(c3ccccc3)[C@H](N3CCN(C)CC3)C2)c1. The molecule has 0 radical (unpaired) electrons. The van der Waals surface area contributed by atoms with Gasteiger partial charge in [0, 0.05) is 51.2 Å². The Morgan fingerprint density at radius 3 is 2.57 bits per heavy atom. The number of aromatic nitrogens is 1. The van der Waals surface area contributed by atoms with Crippen LogP contribution in [0.1, 0.15) is 23.2 Å². The van der Waals surface area contributed by atoms with Gasteiger partial charge in [-0.1, -0.05) is 30.3 Å². The summed E-state index contributed by atoms with van der Waals surface area (Å²) in [5.41, 5.74) is 1.91. The zero-order valence-electron chi connectivity index (χ0n) is 18.0. The summed E-state index contributed by atoms with van der Waals surface area (Å²) in [6.45, 7) is 6.86.